The first kappa shape index (κ1) is 10.1. The number of aryl methyl sites for hydroxylation is 1. The molecule has 1 unspecified atom stereocenters. The highest BCUT2D eigenvalue weighted by Crippen LogP contribution is 2.33. The second kappa shape index (κ2) is 4.06. The molecular formula is C13H19N3. The van der Waals surface area contributed by atoms with E-state index in [0.717, 1.165) is 13.0 Å². The Labute approximate surface area is 96.7 Å². The maximum atomic E-state index is 5.85. The molecule has 86 valence electrons. The number of aromatic nitrogens is 1. The summed E-state index contributed by atoms with van der Waals surface area (Å²) in [7, 11) is 0. The van der Waals surface area contributed by atoms with Crippen LogP contribution in [0.25, 0.3) is 0 Å². The lowest BCUT2D eigenvalue weighted by atomic mass is 10.1. The van der Waals surface area contributed by atoms with Crippen LogP contribution in [0.5, 0.6) is 0 Å². The lowest BCUT2D eigenvalue weighted by molar-refractivity contribution is 0.675. The van der Waals surface area contributed by atoms with Gasteiger partial charge in [0.05, 0.1) is 0 Å². The van der Waals surface area contributed by atoms with Crippen LogP contribution in [0.4, 0.5) is 5.69 Å². The molecule has 16 heavy (non-hydrogen) atoms. The first-order valence-corrected chi connectivity index (χ1v) is 6.33. The van der Waals surface area contributed by atoms with Crippen LogP contribution < -0.4 is 10.6 Å². The molecule has 2 heterocycles. The SMILES string of the molecule is NCC1CCCN1c1ccnc2c1CCC2. The molecular weight excluding hydrogens is 198 g/mol. The minimum Gasteiger partial charge on any atom is -0.367 e. The summed E-state index contributed by atoms with van der Waals surface area (Å²) in [5.41, 5.74) is 10.1. The third-order valence-corrected chi connectivity index (χ3v) is 3.92. The molecule has 0 amide bonds. The molecule has 0 aromatic carbocycles. The monoisotopic (exact) mass is 217 g/mol. The Bertz CT molecular complexity index is 389. The molecule has 1 fully saturated rings. The van der Waals surface area contributed by atoms with Gasteiger partial charge in [-0.3, -0.25) is 4.98 Å². The van der Waals surface area contributed by atoms with Crippen molar-refractivity contribution >= 4 is 5.69 Å². The zero-order valence-electron chi connectivity index (χ0n) is 9.65. The Balaban J connectivity index is 1.97. The molecule has 1 aliphatic carbocycles. The Morgan fingerprint density at radius 1 is 1.38 bits per heavy atom. The molecule has 3 rings (SSSR count). The van der Waals surface area contributed by atoms with Gasteiger partial charge in [0.15, 0.2) is 0 Å². The van der Waals surface area contributed by atoms with Gasteiger partial charge < -0.3 is 10.6 Å². The predicted octanol–water partition coefficient (Wildman–Crippen LogP) is 1.50. The smallest absolute Gasteiger partial charge is 0.0456 e. The van der Waals surface area contributed by atoms with E-state index in [4.69, 9.17) is 5.73 Å². The number of nitrogens with two attached hydrogens (primary N) is 1. The molecule has 0 saturated carbocycles. The fraction of sp³-hybridized carbons (Fsp3) is 0.615. The Morgan fingerprint density at radius 3 is 3.19 bits per heavy atom. The van der Waals surface area contributed by atoms with Crippen LogP contribution in [-0.2, 0) is 12.8 Å². The summed E-state index contributed by atoms with van der Waals surface area (Å²) in [6.07, 6.45) is 8.11. The fourth-order valence-corrected chi connectivity index (χ4v) is 3.11. The van der Waals surface area contributed by atoms with E-state index in [2.05, 4.69) is 16.0 Å². The highest BCUT2D eigenvalue weighted by atomic mass is 15.2. The summed E-state index contributed by atoms with van der Waals surface area (Å²) in [6.45, 7) is 1.94. The highest BCUT2D eigenvalue weighted by molar-refractivity contribution is 5.57. The van der Waals surface area contributed by atoms with Crippen molar-refractivity contribution in [2.24, 2.45) is 5.73 Å². The normalized spacial score (nSPS) is 23.8. The molecule has 0 spiro atoms. The number of fused-ring (bicyclic) bond motifs is 1. The van der Waals surface area contributed by atoms with Gasteiger partial charge in [0.2, 0.25) is 0 Å². The maximum Gasteiger partial charge on any atom is 0.0456 e. The Kier molecular flexibility index (Phi) is 2.56. The highest BCUT2D eigenvalue weighted by Gasteiger charge is 2.27. The van der Waals surface area contributed by atoms with E-state index in [-0.39, 0.29) is 0 Å². The minimum atomic E-state index is 0.548. The maximum absolute atomic E-state index is 5.85. The second-order valence-electron chi connectivity index (χ2n) is 4.83. The fourth-order valence-electron chi connectivity index (χ4n) is 3.11. The number of hydrogen-bond acceptors (Lipinski definition) is 3. The molecule has 1 aliphatic heterocycles. The third kappa shape index (κ3) is 1.50. The largest absolute Gasteiger partial charge is 0.367 e. The predicted molar refractivity (Wildman–Crippen MR) is 65.7 cm³/mol. The number of pyridine rings is 1. The number of nitrogens with zero attached hydrogens (tertiary/aromatic N) is 2. The summed E-state index contributed by atoms with van der Waals surface area (Å²) >= 11 is 0. The van der Waals surface area contributed by atoms with Crippen molar-refractivity contribution in [1.29, 1.82) is 0 Å². The Hall–Kier alpha value is -1.09. The molecule has 2 aliphatic rings. The van der Waals surface area contributed by atoms with Gasteiger partial charge >= 0.3 is 0 Å². The molecule has 2 N–H and O–H groups in total. The van der Waals surface area contributed by atoms with E-state index in [1.807, 2.05) is 6.20 Å². The van der Waals surface area contributed by atoms with Gasteiger partial charge in [-0.05, 0) is 43.7 Å². The summed E-state index contributed by atoms with van der Waals surface area (Å²) in [5.74, 6) is 0. The lowest BCUT2D eigenvalue weighted by Gasteiger charge is -2.27. The summed E-state index contributed by atoms with van der Waals surface area (Å²) < 4.78 is 0. The number of anilines is 1. The van der Waals surface area contributed by atoms with Crippen LogP contribution in [0.1, 0.15) is 30.5 Å². The molecule has 1 atom stereocenters. The van der Waals surface area contributed by atoms with Crippen LogP contribution in [0.2, 0.25) is 0 Å². The van der Waals surface area contributed by atoms with Gasteiger partial charge in [0.25, 0.3) is 0 Å². The van der Waals surface area contributed by atoms with Crippen LogP contribution in [0.3, 0.4) is 0 Å². The van der Waals surface area contributed by atoms with Crippen molar-refractivity contribution in [3.8, 4) is 0 Å². The zero-order valence-corrected chi connectivity index (χ0v) is 9.65. The van der Waals surface area contributed by atoms with Crippen molar-refractivity contribution in [3.63, 3.8) is 0 Å². The van der Waals surface area contributed by atoms with Crippen LogP contribution >= 0.6 is 0 Å². The van der Waals surface area contributed by atoms with Gasteiger partial charge in [-0.1, -0.05) is 0 Å². The first-order valence-electron chi connectivity index (χ1n) is 6.33. The molecule has 1 aromatic heterocycles. The molecule has 3 nitrogen and oxygen atoms in total. The third-order valence-electron chi connectivity index (χ3n) is 3.92. The van der Waals surface area contributed by atoms with Gasteiger partial charge in [-0.2, -0.15) is 0 Å². The molecule has 0 radical (unpaired) electrons. The van der Waals surface area contributed by atoms with Gasteiger partial charge in [-0.15, -0.1) is 0 Å². The minimum absolute atomic E-state index is 0.548. The van der Waals surface area contributed by atoms with Crippen molar-refractivity contribution in [1.82, 2.24) is 4.98 Å². The van der Waals surface area contributed by atoms with Crippen molar-refractivity contribution in [2.45, 2.75) is 38.1 Å². The number of rotatable bonds is 2. The molecule has 1 aromatic rings. The molecule has 1 saturated heterocycles. The topological polar surface area (TPSA) is 42.1 Å². The van der Waals surface area contributed by atoms with Crippen molar-refractivity contribution in [2.75, 3.05) is 18.0 Å². The summed E-state index contributed by atoms with van der Waals surface area (Å²) in [4.78, 5) is 6.99. The second-order valence-corrected chi connectivity index (χ2v) is 4.83. The van der Waals surface area contributed by atoms with Crippen LogP contribution in [-0.4, -0.2) is 24.1 Å². The summed E-state index contributed by atoms with van der Waals surface area (Å²) in [6, 6.07) is 2.73. The van der Waals surface area contributed by atoms with E-state index < -0.39 is 0 Å². The summed E-state index contributed by atoms with van der Waals surface area (Å²) in [5, 5.41) is 0. The van der Waals surface area contributed by atoms with Gasteiger partial charge in [0.1, 0.15) is 0 Å². The van der Waals surface area contributed by atoms with Crippen molar-refractivity contribution in [3.05, 3.63) is 23.5 Å². The van der Waals surface area contributed by atoms with E-state index in [1.54, 1.807) is 0 Å². The van der Waals surface area contributed by atoms with E-state index in [9.17, 15) is 0 Å². The molecule has 0 bridgehead atoms. The number of hydrogen-bond donors (Lipinski definition) is 1. The lowest BCUT2D eigenvalue weighted by Crippen LogP contribution is -2.36. The van der Waals surface area contributed by atoms with Crippen LogP contribution in [0, 0.1) is 0 Å². The molecule has 3 heteroatoms. The average molecular weight is 217 g/mol. The Morgan fingerprint density at radius 2 is 2.31 bits per heavy atom. The van der Waals surface area contributed by atoms with E-state index >= 15 is 0 Å². The van der Waals surface area contributed by atoms with E-state index in [1.165, 1.54) is 49.2 Å². The first-order chi connectivity index (χ1) is 7.90. The van der Waals surface area contributed by atoms with Gasteiger partial charge in [-0.25, -0.2) is 0 Å². The van der Waals surface area contributed by atoms with Crippen LogP contribution in [0.15, 0.2) is 12.3 Å². The van der Waals surface area contributed by atoms with Gasteiger partial charge in [0, 0.05) is 36.7 Å². The van der Waals surface area contributed by atoms with E-state index in [0.29, 0.717) is 6.04 Å². The average Bonchev–Trinajstić information content (AvgIpc) is 2.96. The zero-order chi connectivity index (χ0) is 11.0. The quantitative estimate of drug-likeness (QED) is 0.816. The van der Waals surface area contributed by atoms with Crippen molar-refractivity contribution < 1.29 is 0 Å². The standard InChI is InChI=1S/C13H19N3/c14-9-10-3-2-8-16(10)13-6-7-15-12-5-1-4-11(12)13/h6-7,10H,1-5,8-9,14H2.